The summed E-state index contributed by atoms with van der Waals surface area (Å²) in [5, 5.41) is 3.23. The smallest absolute Gasteiger partial charge is 0.0112 e. The first kappa shape index (κ1) is 15.9. The van der Waals surface area contributed by atoms with Crippen LogP contribution in [0.2, 0.25) is 0 Å². The number of nitrogens with zero attached hydrogens (tertiary/aromatic N) is 2. The molecule has 0 amide bonds. The van der Waals surface area contributed by atoms with Gasteiger partial charge < -0.3 is 10.2 Å². The average Bonchev–Trinajstić information content (AvgIpc) is 2.19. The molecule has 0 heterocycles. The highest BCUT2D eigenvalue weighted by molar-refractivity contribution is 4.70. The molecule has 0 aliphatic heterocycles. The van der Waals surface area contributed by atoms with Crippen LogP contribution in [-0.4, -0.2) is 63.2 Å². The number of hydrogen-bond acceptors (Lipinski definition) is 3. The van der Waals surface area contributed by atoms with Gasteiger partial charge in [0.1, 0.15) is 0 Å². The molecule has 98 valence electrons. The SMILES string of the molecule is CNCCC(C)N(CCN(C)C)CC(C)C. The van der Waals surface area contributed by atoms with Crippen LogP contribution in [0.3, 0.4) is 0 Å². The zero-order chi connectivity index (χ0) is 12.6. The number of rotatable bonds is 9. The first-order valence-electron chi connectivity index (χ1n) is 6.50. The Morgan fingerprint density at radius 2 is 1.69 bits per heavy atom. The van der Waals surface area contributed by atoms with Gasteiger partial charge in [-0.3, -0.25) is 4.90 Å². The van der Waals surface area contributed by atoms with Crippen molar-refractivity contribution in [2.75, 3.05) is 47.3 Å². The maximum Gasteiger partial charge on any atom is 0.0112 e. The van der Waals surface area contributed by atoms with E-state index >= 15 is 0 Å². The Balaban J connectivity index is 4.06. The summed E-state index contributed by atoms with van der Waals surface area (Å²) in [5.74, 6) is 0.749. The van der Waals surface area contributed by atoms with E-state index in [1.54, 1.807) is 0 Å². The van der Waals surface area contributed by atoms with Crippen LogP contribution in [0.25, 0.3) is 0 Å². The molecule has 16 heavy (non-hydrogen) atoms. The Bertz CT molecular complexity index is 157. The van der Waals surface area contributed by atoms with Crippen molar-refractivity contribution < 1.29 is 0 Å². The molecule has 0 aromatic carbocycles. The Morgan fingerprint density at radius 3 is 2.12 bits per heavy atom. The van der Waals surface area contributed by atoms with Gasteiger partial charge in [0.15, 0.2) is 0 Å². The molecule has 0 radical (unpaired) electrons. The van der Waals surface area contributed by atoms with Gasteiger partial charge in [0.05, 0.1) is 0 Å². The summed E-state index contributed by atoms with van der Waals surface area (Å²) in [6.07, 6.45) is 1.23. The van der Waals surface area contributed by atoms with E-state index in [9.17, 15) is 0 Å². The predicted octanol–water partition coefficient (Wildman–Crippen LogP) is 1.50. The van der Waals surface area contributed by atoms with Crippen LogP contribution in [0.4, 0.5) is 0 Å². The molecule has 0 saturated heterocycles. The minimum Gasteiger partial charge on any atom is -0.320 e. The quantitative estimate of drug-likeness (QED) is 0.646. The largest absolute Gasteiger partial charge is 0.320 e. The van der Waals surface area contributed by atoms with E-state index in [2.05, 4.69) is 50.0 Å². The van der Waals surface area contributed by atoms with E-state index in [0.29, 0.717) is 6.04 Å². The summed E-state index contributed by atoms with van der Waals surface area (Å²) in [5.41, 5.74) is 0. The van der Waals surface area contributed by atoms with Gasteiger partial charge in [-0.05, 0) is 47.0 Å². The fraction of sp³-hybridized carbons (Fsp3) is 1.00. The molecule has 1 unspecified atom stereocenters. The molecule has 3 nitrogen and oxygen atoms in total. The topological polar surface area (TPSA) is 18.5 Å². The minimum atomic E-state index is 0.676. The van der Waals surface area contributed by atoms with E-state index in [1.165, 1.54) is 19.5 Å². The summed E-state index contributed by atoms with van der Waals surface area (Å²) in [6, 6.07) is 0.676. The van der Waals surface area contributed by atoms with Gasteiger partial charge in [-0.2, -0.15) is 0 Å². The summed E-state index contributed by atoms with van der Waals surface area (Å²) in [6.45, 7) is 11.6. The van der Waals surface area contributed by atoms with Crippen molar-refractivity contribution in [3.63, 3.8) is 0 Å². The molecule has 0 rings (SSSR count). The van der Waals surface area contributed by atoms with Crippen molar-refractivity contribution in [2.24, 2.45) is 5.92 Å². The van der Waals surface area contributed by atoms with Crippen LogP contribution in [0.5, 0.6) is 0 Å². The van der Waals surface area contributed by atoms with Gasteiger partial charge in [-0.1, -0.05) is 13.8 Å². The molecule has 0 aromatic rings. The lowest BCUT2D eigenvalue weighted by atomic mass is 10.1. The summed E-state index contributed by atoms with van der Waals surface area (Å²) in [7, 11) is 6.32. The van der Waals surface area contributed by atoms with Crippen LogP contribution in [-0.2, 0) is 0 Å². The van der Waals surface area contributed by atoms with E-state index in [-0.39, 0.29) is 0 Å². The predicted molar refractivity (Wildman–Crippen MR) is 73.0 cm³/mol. The molecule has 0 aliphatic rings. The van der Waals surface area contributed by atoms with Crippen molar-refractivity contribution >= 4 is 0 Å². The average molecular weight is 229 g/mol. The zero-order valence-corrected chi connectivity index (χ0v) is 12.1. The molecule has 1 atom stereocenters. The van der Waals surface area contributed by atoms with Crippen molar-refractivity contribution in [1.82, 2.24) is 15.1 Å². The fourth-order valence-corrected chi connectivity index (χ4v) is 1.82. The molecule has 0 aliphatic carbocycles. The van der Waals surface area contributed by atoms with Crippen LogP contribution in [0, 0.1) is 5.92 Å². The lowest BCUT2D eigenvalue weighted by Gasteiger charge is -2.31. The summed E-state index contributed by atoms with van der Waals surface area (Å²) in [4.78, 5) is 4.88. The molecule has 0 bridgehead atoms. The lowest BCUT2D eigenvalue weighted by Crippen LogP contribution is -2.41. The van der Waals surface area contributed by atoms with Gasteiger partial charge in [0.25, 0.3) is 0 Å². The van der Waals surface area contributed by atoms with E-state index in [0.717, 1.165) is 19.0 Å². The van der Waals surface area contributed by atoms with E-state index < -0.39 is 0 Å². The molecule has 0 aromatic heterocycles. The minimum absolute atomic E-state index is 0.676. The third-order valence-electron chi connectivity index (χ3n) is 2.87. The van der Waals surface area contributed by atoms with Crippen LogP contribution < -0.4 is 5.32 Å². The third-order valence-corrected chi connectivity index (χ3v) is 2.87. The first-order valence-corrected chi connectivity index (χ1v) is 6.50. The summed E-state index contributed by atoms with van der Waals surface area (Å²) >= 11 is 0. The second-order valence-corrected chi connectivity index (χ2v) is 5.43. The monoisotopic (exact) mass is 229 g/mol. The highest BCUT2D eigenvalue weighted by Crippen LogP contribution is 2.07. The Kier molecular flexibility index (Phi) is 8.90. The first-order chi connectivity index (χ1) is 7.47. The maximum absolute atomic E-state index is 3.23. The zero-order valence-electron chi connectivity index (χ0n) is 12.1. The molecule has 3 heteroatoms. The highest BCUT2D eigenvalue weighted by atomic mass is 15.2. The third kappa shape index (κ3) is 8.08. The van der Waals surface area contributed by atoms with Crippen molar-refractivity contribution in [1.29, 1.82) is 0 Å². The van der Waals surface area contributed by atoms with Crippen LogP contribution >= 0.6 is 0 Å². The van der Waals surface area contributed by atoms with Gasteiger partial charge in [0, 0.05) is 25.7 Å². The van der Waals surface area contributed by atoms with Gasteiger partial charge in [-0.25, -0.2) is 0 Å². The van der Waals surface area contributed by atoms with Crippen LogP contribution in [0.1, 0.15) is 27.2 Å². The molecule has 0 saturated carbocycles. The van der Waals surface area contributed by atoms with Crippen LogP contribution in [0.15, 0.2) is 0 Å². The van der Waals surface area contributed by atoms with E-state index in [1.807, 2.05) is 7.05 Å². The van der Waals surface area contributed by atoms with Crippen molar-refractivity contribution in [3.05, 3.63) is 0 Å². The van der Waals surface area contributed by atoms with Gasteiger partial charge in [-0.15, -0.1) is 0 Å². The molecule has 0 fully saturated rings. The number of hydrogen-bond donors (Lipinski definition) is 1. The summed E-state index contributed by atoms with van der Waals surface area (Å²) < 4.78 is 0. The Morgan fingerprint density at radius 1 is 1.06 bits per heavy atom. The molecule has 0 spiro atoms. The Labute approximate surface area is 102 Å². The normalized spacial score (nSPS) is 14.1. The second-order valence-electron chi connectivity index (χ2n) is 5.43. The number of likely N-dealkylation sites (N-methyl/N-ethyl adjacent to an activating group) is 1. The van der Waals surface area contributed by atoms with Crippen molar-refractivity contribution in [3.8, 4) is 0 Å². The van der Waals surface area contributed by atoms with Crippen molar-refractivity contribution in [2.45, 2.75) is 33.2 Å². The maximum atomic E-state index is 3.23. The van der Waals surface area contributed by atoms with Gasteiger partial charge >= 0.3 is 0 Å². The molecule has 1 N–H and O–H groups in total. The standard InChI is InChI=1S/C13H31N3/c1-12(2)11-16(10-9-15(5)6)13(3)7-8-14-4/h12-14H,7-11H2,1-6H3. The molecular weight excluding hydrogens is 198 g/mol. The number of nitrogens with one attached hydrogen (secondary N) is 1. The Hall–Kier alpha value is -0.120. The van der Waals surface area contributed by atoms with E-state index in [4.69, 9.17) is 0 Å². The molecular formula is C13H31N3. The second kappa shape index (κ2) is 8.97. The highest BCUT2D eigenvalue weighted by Gasteiger charge is 2.14. The van der Waals surface area contributed by atoms with Gasteiger partial charge in [0.2, 0.25) is 0 Å². The fourth-order valence-electron chi connectivity index (χ4n) is 1.82. The lowest BCUT2D eigenvalue weighted by molar-refractivity contribution is 0.163.